The molecule has 0 rings (SSSR count). The fourth-order valence-electron chi connectivity index (χ4n) is 0.881. The third-order valence-corrected chi connectivity index (χ3v) is 2.83. The molecule has 1 unspecified atom stereocenters. The van der Waals surface area contributed by atoms with Crippen molar-refractivity contribution in [1.29, 1.82) is 0 Å². The molecule has 2 N–H and O–H groups in total. The van der Waals surface area contributed by atoms with Gasteiger partial charge < -0.3 is 0 Å². The SMILES string of the molecule is CC(C)[C@@H](C)CCCS(N)=O. The third-order valence-electron chi connectivity index (χ3n) is 2.14. The van der Waals surface area contributed by atoms with Crippen LogP contribution in [0.5, 0.6) is 0 Å². The standard InChI is InChI=1S/C8H19NOS/c1-7(2)8(3)5-4-6-11(9)10/h7-8H,4-6,9H2,1-3H3/t8-,11?/m0/s1. The highest BCUT2D eigenvalue weighted by atomic mass is 32.2. The third kappa shape index (κ3) is 6.51. The van der Waals surface area contributed by atoms with Crippen LogP contribution in [0.1, 0.15) is 33.6 Å². The highest BCUT2D eigenvalue weighted by Crippen LogP contribution is 2.15. The molecule has 0 saturated carbocycles. The van der Waals surface area contributed by atoms with Gasteiger partial charge >= 0.3 is 0 Å². The lowest BCUT2D eigenvalue weighted by Gasteiger charge is -2.13. The van der Waals surface area contributed by atoms with E-state index in [0.717, 1.165) is 24.7 Å². The van der Waals surface area contributed by atoms with E-state index in [1.165, 1.54) is 0 Å². The summed E-state index contributed by atoms with van der Waals surface area (Å²) in [6.07, 6.45) is 2.13. The van der Waals surface area contributed by atoms with Crippen molar-refractivity contribution in [3.05, 3.63) is 0 Å². The number of nitrogens with two attached hydrogens (primary N) is 1. The monoisotopic (exact) mass is 177 g/mol. The summed E-state index contributed by atoms with van der Waals surface area (Å²) in [5.41, 5.74) is 0. The molecule has 0 spiro atoms. The molecule has 0 aliphatic carbocycles. The van der Waals surface area contributed by atoms with E-state index in [1.807, 2.05) is 0 Å². The maximum Gasteiger partial charge on any atom is 0.0887 e. The molecule has 2 nitrogen and oxygen atoms in total. The van der Waals surface area contributed by atoms with Crippen LogP contribution in [-0.4, -0.2) is 9.96 Å². The van der Waals surface area contributed by atoms with E-state index in [0.29, 0.717) is 5.75 Å². The van der Waals surface area contributed by atoms with E-state index in [4.69, 9.17) is 5.14 Å². The minimum absolute atomic E-state index is 0.650. The van der Waals surface area contributed by atoms with Crippen molar-refractivity contribution < 1.29 is 4.21 Å². The zero-order valence-electron chi connectivity index (χ0n) is 7.67. The number of hydrogen-bond acceptors (Lipinski definition) is 1. The molecule has 0 fully saturated rings. The molecule has 0 aliphatic heterocycles. The van der Waals surface area contributed by atoms with Gasteiger partial charge in [-0.3, -0.25) is 5.14 Å². The van der Waals surface area contributed by atoms with Crippen molar-refractivity contribution in [3.8, 4) is 0 Å². The first-order valence-corrected chi connectivity index (χ1v) is 5.55. The Hall–Kier alpha value is 0.110. The quantitative estimate of drug-likeness (QED) is 0.682. The van der Waals surface area contributed by atoms with Crippen molar-refractivity contribution in [2.75, 3.05) is 5.75 Å². The molecule has 68 valence electrons. The molecule has 0 heterocycles. The van der Waals surface area contributed by atoms with Gasteiger partial charge in [-0.2, -0.15) is 0 Å². The lowest BCUT2D eigenvalue weighted by Crippen LogP contribution is -2.10. The summed E-state index contributed by atoms with van der Waals surface area (Å²) in [6.45, 7) is 6.65. The molecule has 0 radical (unpaired) electrons. The van der Waals surface area contributed by atoms with Crippen LogP contribution < -0.4 is 5.14 Å². The second-order valence-electron chi connectivity index (χ2n) is 3.45. The molecule has 0 amide bonds. The predicted molar refractivity (Wildman–Crippen MR) is 50.4 cm³/mol. The molecule has 0 aromatic heterocycles. The summed E-state index contributed by atoms with van der Waals surface area (Å²) in [4.78, 5) is 0. The van der Waals surface area contributed by atoms with Crippen LogP contribution in [0.15, 0.2) is 0 Å². The molecule has 0 aromatic rings. The number of rotatable bonds is 5. The average molecular weight is 177 g/mol. The molecular formula is C8H19NOS. The van der Waals surface area contributed by atoms with Gasteiger partial charge in [0.1, 0.15) is 0 Å². The maximum atomic E-state index is 10.5. The van der Waals surface area contributed by atoms with Gasteiger partial charge in [0, 0.05) is 5.75 Å². The topological polar surface area (TPSA) is 43.1 Å². The van der Waals surface area contributed by atoms with Crippen molar-refractivity contribution >= 4 is 11.0 Å². The smallest absolute Gasteiger partial charge is 0.0887 e. The Morgan fingerprint density at radius 1 is 1.36 bits per heavy atom. The lowest BCUT2D eigenvalue weighted by molar-refractivity contribution is 0.389. The zero-order valence-corrected chi connectivity index (χ0v) is 8.49. The van der Waals surface area contributed by atoms with Gasteiger partial charge in [0.15, 0.2) is 0 Å². The van der Waals surface area contributed by atoms with Crippen molar-refractivity contribution in [2.45, 2.75) is 33.6 Å². The zero-order chi connectivity index (χ0) is 8.85. The van der Waals surface area contributed by atoms with Gasteiger partial charge in [-0.15, -0.1) is 0 Å². The normalized spacial score (nSPS) is 16.8. The first-order valence-electron chi connectivity index (χ1n) is 4.16. The first-order chi connectivity index (χ1) is 5.04. The van der Waals surface area contributed by atoms with E-state index in [9.17, 15) is 4.21 Å². The second-order valence-corrected chi connectivity index (χ2v) is 4.62. The predicted octanol–water partition coefficient (Wildman–Crippen LogP) is 1.68. The largest absolute Gasteiger partial charge is 0.252 e. The van der Waals surface area contributed by atoms with Crippen LogP contribution >= 0.6 is 0 Å². The highest BCUT2D eigenvalue weighted by molar-refractivity contribution is 7.82. The minimum atomic E-state index is -1.10. The van der Waals surface area contributed by atoms with E-state index in [1.54, 1.807) is 0 Å². The van der Waals surface area contributed by atoms with E-state index >= 15 is 0 Å². The second kappa shape index (κ2) is 5.72. The molecule has 3 heteroatoms. The fraction of sp³-hybridized carbons (Fsp3) is 1.00. The first kappa shape index (κ1) is 11.1. The fourth-order valence-corrected chi connectivity index (χ4v) is 1.33. The van der Waals surface area contributed by atoms with Gasteiger partial charge in [-0.1, -0.05) is 20.8 Å². The summed E-state index contributed by atoms with van der Waals surface area (Å²) in [5, 5.41) is 5.13. The maximum absolute atomic E-state index is 10.5. The van der Waals surface area contributed by atoms with Gasteiger partial charge in [0.05, 0.1) is 11.0 Å². The van der Waals surface area contributed by atoms with Gasteiger partial charge in [-0.05, 0) is 24.7 Å². The Balaban J connectivity index is 3.31. The van der Waals surface area contributed by atoms with E-state index in [2.05, 4.69) is 20.8 Å². The molecular weight excluding hydrogens is 158 g/mol. The van der Waals surface area contributed by atoms with Crippen molar-refractivity contribution in [1.82, 2.24) is 0 Å². The Morgan fingerprint density at radius 3 is 2.27 bits per heavy atom. The lowest BCUT2D eigenvalue weighted by atomic mass is 9.94. The van der Waals surface area contributed by atoms with Crippen LogP contribution in [0.3, 0.4) is 0 Å². The molecule has 0 aliphatic rings. The van der Waals surface area contributed by atoms with Crippen LogP contribution in [0.2, 0.25) is 0 Å². The van der Waals surface area contributed by atoms with Crippen molar-refractivity contribution in [3.63, 3.8) is 0 Å². The van der Waals surface area contributed by atoms with Gasteiger partial charge in [0.2, 0.25) is 0 Å². The summed E-state index contributed by atoms with van der Waals surface area (Å²) in [7, 11) is -1.10. The molecule has 0 aromatic carbocycles. The Bertz CT molecular complexity index is 125. The molecule has 2 atom stereocenters. The van der Waals surface area contributed by atoms with Crippen LogP contribution in [0.4, 0.5) is 0 Å². The molecule has 0 saturated heterocycles. The summed E-state index contributed by atoms with van der Waals surface area (Å²) >= 11 is 0. The Morgan fingerprint density at radius 2 is 1.91 bits per heavy atom. The highest BCUT2D eigenvalue weighted by Gasteiger charge is 2.06. The summed E-state index contributed by atoms with van der Waals surface area (Å²) in [5.74, 6) is 2.09. The Labute approximate surface area is 72.1 Å². The van der Waals surface area contributed by atoms with E-state index in [-0.39, 0.29) is 0 Å². The minimum Gasteiger partial charge on any atom is -0.252 e. The van der Waals surface area contributed by atoms with Gasteiger partial charge in [0.25, 0.3) is 0 Å². The molecule has 11 heavy (non-hydrogen) atoms. The van der Waals surface area contributed by atoms with Crippen molar-refractivity contribution in [2.24, 2.45) is 17.0 Å². The Kier molecular flexibility index (Phi) is 5.78. The summed E-state index contributed by atoms with van der Waals surface area (Å²) < 4.78 is 10.5. The number of hydrogen-bond donors (Lipinski definition) is 1. The summed E-state index contributed by atoms with van der Waals surface area (Å²) in [6, 6.07) is 0. The molecule has 0 bridgehead atoms. The van der Waals surface area contributed by atoms with Crippen LogP contribution in [-0.2, 0) is 11.0 Å². The average Bonchev–Trinajstić information content (AvgIpc) is 1.86. The van der Waals surface area contributed by atoms with Gasteiger partial charge in [-0.25, -0.2) is 4.21 Å². The van der Waals surface area contributed by atoms with Crippen LogP contribution in [0, 0.1) is 11.8 Å². The van der Waals surface area contributed by atoms with E-state index < -0.39 is 11.0 Å². The van der Waals surface area contributed by atoms with Crippen LogP contribution in [0.25, 0.3) is 0 Å².